The molecule has 0 heterocycles. The Morgan fingerprint density at radius 1 is 1.04 bits per heavy atom. The van der Waals surface area contributed by atoms with Crippen LogP contribution in [0.15, 0.2) is 66.2 Å². The van der Waals surface area contributed by atoms with E-state index in [1.807, 2.05) is 42.5 Å². The minimum Gasteiger partial charge on any atom is -0.497 e. The number of amides is 1. The van der Waals surface area contributed by atoms with Crippen LogP contribution in [-0.2, 0) is 4.79 Å². The van der Waals surface area contributed by atoms with Gasteiger partial charge in [-0.05, 0) is 35.0 Å². The van der Waals surface area contributed by atoms with Gasteiger partial charge in [-0.15, -0.1) is 0 Å². The highest BCUT2D eigenvalue weighted by Gasteiger charge is 2.13. The molecule has 0 radical (unpaired) electrons. The summed E-state index contributed by atoms with van der Waals surface area (Å²) in [7, 11) is 3.11. The zero-order valence-corrected chi connectivity index (χ0v) is 15.0. The van der Waals surface area contributed by atoms with Crippen molar-refractivity contribution in [3.8, 4) is 17.6 Å². The minimum atomic E-state index is -0.499. The molecule has 5 heteroatoms. The largest absolute Gasteiger partial charge is 0.497 e. The summed E-state index contributed by atoms with van der Waals surface area (Å²) in [5.41, 5.74) is 1.21. The molecular formula is C22H18N2O3. The number of nitrogens with one attached hydrogen (secondary N) is 1. The zero-order chi connectivity index (χ0) is 19.2. The molecule has 5 nitrogen and oxygen atoms in total. The van der Waals surface area contributed by atoms with Crippen molar-refractivity contribution < 1.29 is 14.3 Å². The molecule has 0 aromatic heterocycles. The number of ether oxygens (including phenoxy) is 2. The third-order valence-electron chi connectivity index (χ3n) is 4.13. The van der Waals surface area contributed by atoms with Gasteiger partial charge in [-0.3, -0.25) is 4.79 Å². The van der Waals surface area contributed by atoms with Gasteiger partial charge in [0.1, 0.15) is 23.1 Å². The Morgan fingerprint density at radius 2 is 1.85 bits per heavy atom. The molecule has 0 atom stereocenters. The molecule has 3 aromatic carbocycles. The fraction of sp³-hybridized carbons (Fsp3) is 0.0909. The lowest BCUT2D eigenvalue weighted by atomic mass is 10.0. The third kappa shape index (κ3) is 3.91. The molecule has 27 heavy (non-hydrogen) atoms. The third-order valence-corrected chi connectivity index (χ3v) is 4.13. The first-order valence-electron chi connectivity index (χ1n) is 8.29. The van der Waals surface area contributed by atoms with Crippen LogP contribution < -0.4 is 14.8 Å². The number of hydrogen-bond acceptors (Lipinski definition) is 4. The highest BCUT2D eigenvalue weighted by molar-refractivity contribution is 6.11. The number of hydrogen-bond donors (Lipinski definition) is 1. The molecule has 1 N–H and O–H groups in total. The maximum Gasteiger partial charge on any atom is 0.266 e. The number of anilines is 1. The van der Waals surface area contributed by atoms with E-state index < -0.39 is 5.91 Å². The number of benzene rings is 3. The van der Waals surface area contributed by atoms with Crippen LogP contribution in [0.3, 0.4) is 0 Å². The maximum atomic E-state index is 12.6. The normalized spacial score (nSPS) is 10.9. The first-order valence-corrected chi connectivity index (χ1v) is 8.29. The minimum absolute atomic E-state index is 0.0209. The van der Waals surface area contributed by atoms with E-state index in [1.54, 1.807) is 44.6 Å². The number of fused-ring (bicyclic) bond motifs is 1. The molecule has 3 aromatic rings. The molecule has 3 rings (SSSR count). The monoisotopic (exact) mass is 358 g/mol. The molecule has 0 spiro atoms. The molecule has 0 saturated carbocycles. The van der Waals surface area contributed by atoms with Gasteiger partial charge in [-0.1, -0.05) is 36.4 Å². The number of rotatable bonds is 5. The Balaban J connectivity index is 2.00. The Labute approximate surface area is 157 Å². The van der Waals surface area contributed by atoms with Crippen LogP contribution in [0.5, 0.6) is 11.5 Å². The summed E-state index contributed by atoms with van der Waals surface area (Å²) in [4.78, 5) is 12.6. The number of carbonyl (C=O) groups is 1. The maximum absolute atomic E-state index is 12.6. The van der Waals surface area contributed by atoms with Crippen LogP contribution in [0, 0.1) is 11.3 Å². The van der Waals surface area contributed by atoms with Gasteiger partial charge in [-0.2, -0.15) is 5.26 Å². The number of nitriles is 1. The fourth-order valence-electron chi connectivity index (χ4n) is 2.79. The van der Waals surface area contributed by atoms with E-state index in [0.29, 0.717) is 22.7 Å². The number of nitrogens with zero attached hydrogens (tertiary/aromatic N) is 1. The van der Waals surface area contributed by atoms with Crippen molar-refractivity contribution in [1.29, 1.82) is 5.26 Å². The molecule has 0 saturated heterocycles. The summed E-state index contributed by atoms with van der Waals surface area (Å²) in [6.45, 7) is 0. The summed E-state index contributed by atoms with van der Waals surface area (Å²) in [5.74, 6) is 0.711. The summed E-state index contributed by atoms with van der Waals surface area (Å²) in [6, 6.07) is 20.4. The smallest absolute Gasteiger partial charge is 0.266 e. The Hall–Kier alpha value is -3.78. The van der Waals surface area contributed by atoms with E-state index in [0.717, 1.165) is 10.8 Å². The van der Waals surface area contributed by atoms with Crippen LogP contribution in [0.25, 0.3) is 16.8 Å². The standard InChI is InChI=1S/C22H18N2O3/c1-26-18-8-5-7-17(13-18)24-22(25)16(14-23)12-20-19-9-4-3-6-15(19)10-11-21(20)27-2/h3-13H,1-2H3,(H,24,25)/b16-12+. The second-order valence-electron chi connectivity index (χ2n) is 5.76. The zero-order valence-electron chi connectivity index (χ0n) is 15.0. The molecule has 0 aliphatic rings. The Kier molecular flexibility index (Phi) is 5.38. The van der Waals surface area contributed by atoms with E-state index in [4.69, 9.17) is 9.47 Å². The highest BCUT2D eigenvalue weighted by atomic mass is 16.5. The van der Waals surface area contributed by atoms with Crippen molar-refractivity contribution in [1.82, 2.24) is 0 Å². The highest BCUT2D eigenvalue weighted by Crippen LogP contribution is 2.30. The predicted octanol–water partition coefficient (Wildman–Crippen LogP) is 4.40. The molecule has 0 unspecified atom stereocenters. The predicted molar refractivity (Wildman–Crippen MR) is 106 cm³/mol. The van der Waals surface area contributed by atoms with Crippen molar-refractivity contribution >= 4 is 28.4 Å². The van der Waals surface area contributed by atoms with Gasteiger partial charge in [-0.25, -0.2) is 0 Å². The molecule has 1 amide bonds. The summed E-state index contributed by atoms with van der Waals surface area (Å²) < 4.78 is 10.6. The van der Waals surface area contributed by atoms with Gasteiger partial charge >= 0.3 is 0 Å². The van der Waals surface area contributed by atoms with Gasteiger partial charge in [0.05, 0.1) is 14.2 Å². The lowest BCUT2D eigenvalue weighted by Gasteiger charge is -2.10. The van der Waals surface area contributed by atoms with E-state index in [9.17, 15) is 10.1 Å². The van der Waals surface area contributed by atoms with E-state index >= 15 is 0 Å². The van der Waals surface area contributed by atoms with Crippen molar-refractivity contribution in [2.75, 3.05) is 19.5 Å². The van der Waals surface area contributed by atoms with Crippen LogP contribution in [-0.4, -0.2) is 20.1 Å². The fourth-order valence-corrected chi connectivity index (χ4v) is 2.79. The van der Waals surface area contributed by atoms with Crippen LogP contribution in [0.2, 0.25) is 0 Å². The average Bonchev–Trinajstić information content (AvgIpc) is 2.71. The van der Waals surface area contributed by atoms with Gasteiger partial charge in [0.2, 0.25) is 0 Å². The molecule has 0 bridgehead atoms. The van der Waals surface area contributed by atoms with Gasteiger partial charge < -0.3 is 14.8 Å². The van der Waals surface area contributed by atoms with Gasteiger partial charge in [0.25, 0.3) is 5.91 Å². The molecule has 134 valence electrons. The van der Waals surface area contributed by atoms with Gasteiger partial charge in [0.15, 0.2) is 0 Å². The topological polar surface area (TPSA) is 71.3 Å². The van der Waals surface area contributed by atoms with Crippen LogP contribution >= 0.6 is 0 Å². The molecule has 0 aliphatic heterocycles. The first-order chi connectivity index (χ1) is 13.2. The van der Waals surface area contributed by atoms with Crippen molar-refractivity contribution in [2.24, 2.45) is 0 Å². The van der Waals surface area contributed by atoms with Crippen LogP contribution in [0.4, 0.5) is 5.69 Å². The molecular weight excluding hydrogens is 340 g/mol. The first kappa shape index (κ1) is 18.0. The SMILES string of the molecule is COc1cccc(NC(=O)/C(C#N)=C/c2c(OC)ccc3ccccc23)c1. The summed E-state index contributed by atoms with van der Waals surface area (Å²) in [6.07, 6.45) is 1.55. The van der Waals surface area contributed by atoms with E-state index in [1.165, 1.54) is 0 Å². The summed E-state index contributed by atoms with van der Waals surface area (Å²) >= 11 is 0. The van der Waals surface area contributed by atoms with Crippen molar-refractivity contribution in [3.63, 3.8) is 0 Å². The van der Waals surface area contributed by atoms with E-state index in [-0.39, 0.29) is 5.57 Å². The lowest BCUT2D eigenvalue weighted by Crippen LogP contribution is -2.13. The Bertz CT molecular complexity index is 1060. The Morgan fingerprint density at radius 3 is 2.59 bits per heavy atom. The number of carbonyl (C=O) groups excluding carboxylic acids is 1. The molecule has 0 aliphatic carbocycles. The van der Waals surface area contributed by atoms with Crippen molar-refractivity contribution in [3.05, 3.63) is 71.8 Å². The quantitative estimate of drug-likeness (QED) is 0.542. The second kappa shape index (κ2) is 8.07. The number of methoxy groups -OCH3 is 2. The lowest BCUT2D eigenvalue weighted by molar-refractivity contribution is -0.112. The van der Waals surface area contributed by atoms with Crippen molar-refractivity contribution in [2.45, 2.75) is 0 Å². The summed E-state index contributed by atoms with van der Waals surface area (Å²) in [5, 5.41) is 14.1. The second-order valence-corrected chi connectivity index (χ2v) is 5.76. The van der Waals surface area contributed by atoms with Crippen LogP contribution in [0.1, 0.15) is 5.56 Å². The van der Waals surface area contributed by atoms with Gasteiger partial charge in [0, 0.05) is 17.3 Å². The molecule has 0 fully saturated rings. The van der Waals surface area contributed by atoms with E-state index in [2.05, 4.69) is 5.32 Å². The average molecular weight is 358 g/mol.